The van der Waals surface area contributed by atoms with Crippen molar-refractivity contribution in [2.75, 3.05) is 31.1 Å². The van der Waals surface area contributed by atoms with Crippen LogP contribution in [0.2, 0.25) is 5.02 Å². The minimum absolute atomic E-state index is 0.0215. The van der Waals surface area contributed by atoms with E-state index in [-0.39, 0.29) is 66.1 Å². The molecule has 0 spiro atoms. The third kappa shape index (κ3) is 6.43. The average Bonchev–Trinajstić information content (AvgIpc) is 2.89. The molecule has 0 aromatic heterocycles. The molecule has 40 heavy (non-hydrogen) atoms. The van der Waals surface area contributed by atoms with Gasteiger partial charge in [0.1, 0.15) is 22.9 Å². The molecule has 2 aliphatic heterocycles. The molecule has 2 aliphatic rings. The zero-order valence-electron chi connectivity index (χ0n) is 23.0. The lowest BCUT2D eigenvalue weighted by Crippen LogP contribution is -2.55. The molecule has 2 aromatic rings. The van der Waals surface area contributed by atoms with Gasteiger partial charge in [-0.15, -0.1) is 0 Å². The number of amides is 2. The van der Waals surface area contributed by atoms with Crippen molar-refractivity contribution >= 4 is 35.3 Å². The van der Waals surface area contributed by atoms with Crippen LogP contribution in [-0.4, -0.2) is 65.9 Å². The van der Waals surface area contributed by atoms with Gasteiger partial charge in [0.15, 0.2) is 6.10 Å². The monoisotopic (exact) mass is 576 g/mol. The van der Waals surface area contributed by atoms with Crippen LogP contribution in [0.1, 0.15) is 46.1 Å². The number of halogens is 2. The van der Waals surface area contributed by atoms with Crippen molar-refractivity contribution in [3.63, 3.8) is 0 Å². The van der Waals surface area contributed by atoms with Gasteiger partial charge in [-0.3, -0.25) is 14.5 Å². The number of phenols is 1. The van der Waals surface area contributed by atoms with Gasteiger partial charge < -0.3 is 24.2 Å². The molecule has 2 amide bonds. The molecule has 4 rings (SSSR count). The fourth-order valence-electron chi connectivity index (χ4n) is 5.00. The van der Waals surface area contributed by atoms with Crippen molar-refractivity contribution in [3.05, 3.63) is 52.8 Å². The van der Waals surface area contributed by atoms with Gasteiger partial charge in [-0.1, -0.05) is 23.7 Å². The predicted octanol–water partition coefficient (Wildman–Crippen LogP) is 5.10. The van der Waals surface area contributed by atoms with E-state index in [0.717, 1.165) is 5.56 Å². The van der Waals surface area contributed by atoms with E-state index in [0.29, 0.717) is 19.3 Å². The number of nitrogens with zero attached hydrogens (tertiary/aromatic N) is 2. The van der Waals surface area contributed by atoms with E-state index >= 15 is 0 Å². The number of anilines is 1. The number of hydrogen-bond donors (Lipinski definition) is 1. The third-order valence-corrected chi connectivity index (χ3v) is 7.33. The topological polar surface area (TPSA) is 106 Å². The van der Waals surface area contributed by atoms with Crippen molar-refractivity contribution < 1.29 is 38.1 Å². The molecule has 0 radical (unpaired) electrons. The first kappa shape index (κ1) is 29.5. The van der Waals surface area contributed by atoms with Crippen LogP contribution in [0, 0.1) is 11.2 Å². The first-order valence-corrected chi connectivity index (χ1v) is 13.6. The maximum absolute atomic E-state index is 13.6. The molecule has 0 bridgehead atoms. The number of hydrogen-bond acceptors (Lipinski definition) is 7. The van der Waals surface area contributed by atoms with Gasteiger partial charge in [-0.25, -0.2) is 9.18 Å². The summed E-state index contributed by atoms with van der Waals surface area (Å²) in [4.78, 5) is 42.7. The lowest BCUT2D eigenvalue weighted by molar-refractivity contribution is -0.161. The molecular formula is C29H34ClFN2O7. The lowest BCUT2D eigenvalue weighted by atomic mass is 9.73. The Morgan fingerprint density at radius 1 is 1.15 bits per heavy atom. The lowest BCUT2D eigenvalue weighted by Gasteiger charge is -2.42. The summed E-state index contributed by atoms with van der Waals surface area (Å²) in [6.07, 6.45) is -0.730. The van der Waals surface area contributed by atoms with Gasteiger partial charge in [-0.05, 0) is 70.7 Å². The Morgan fingerprint density at radius 3 is 2.40 bits per heavy atom. The second-order valence-electron chi connectivity index (χ2n) is 11.1. The summed E-state index contributed by atoms with van der Waals surface area (Å²) in [7, 11) is 0. The fraction of sp³-hybridized carbons (Fsp3) is 0.483. The van der Waals surface area contributed by atoms with E-state index in [1.165, 1.54) is 29.2 Å². The maximum atomic E-state index is 13.6. The van der Waals surface area contributed by atoms with Crippen LogP contribution in [0.3, 0.4) is 0 Å². The molecule has 2 aromatic carbocycles. The second kappa shape index (κ2) is 11.5. The Balaban J connectivity index is 1.53. The predicted molar refractivity (Wildman–Crippen MR) is 146 cm³/mol. The van der Waals surface area contributed by atoms with Crippen LogP contribution in [0.4, 0.5) is 14.9 Å². The Hall–Kier alpha value is -3.53. The quantitative estimate of drug-likeness (QED) is 0.494. The number of carbonyl (C=O) groups excluding carboxylic acids is 3. The molecule has 1 saturated heterocycles. The Morgan fingerprint density at radius 2 is 1.80 bits per heavy atom. The van der Waals surface area contributed by atoms with Gasteiger partial charge in [-0.2, -0.15) is 0 Å². The molecular weight excluding hydrogens is 543 g/mol. The summed E-state index contributed by atoms with van der Waals surface area (Å²) in [6.45, 7) is 7.53. The van der Waals surface area contributed by atoms with Gasteiger partial charge >= 0.3 is 12.1 Å². The molecule has 0 aliphatic carbocycles. The molecule has 0 saturated carbocycles. The smallest absolute Gasteiger partial charge is 0.415 e. The fourth-order valence-corrected chi connectivity index (χ4v) is 5.16. The molecule has 9 nitrogen and oxygen atoms in total. The number of phenolic OH excluding ortho intramolecular Hbond substituents is 1. The number of rotatable bonds is 5. The third-order valence-electron chi connectivity index (χ3n) is 7.02. The molecule has 1 N–H and O–H groups in total. The summed E-state index contributed by atoms with van der Waals surface area (Å²) in [5.74, 6) is -1.22. The van der Waals surface area contributed by atoms with Crippen LogP contribution in [0.5, 0.6) is 11.5 Å². The largest absolute Gasteiger partial charge is 0.506 e. The highest BCUT2D eigenvalue weighted by Crippen LogP contribution is 2.42. The van der Waals surface area contributed by atoms with E-state index in [2.05, 4.69) is 0 Å². The maximum Gasteiger partial charge on any atom is 0.415 e. The van der Waals surface area contributed by atoms with Crippen molar-refractivity contribution in [3.8, 4) is 11.5 Å². The minimum atomic E-state index is -1.08. The normalized spacial score (nSPS) is 18.4. The average molecular weight is 577 g/mol. The van der Waals surface area contributed by atoms with Crippen molar-refractivity contribution in [1.29, 1.82) is 0 Å². The zero-order valence-corrected chi connectivity index (χ0v) is 23.8. The summed E-state index contributed by atoms with van der Waals surface area (Å²) in [6, 6.07) is 8.65. The number of fused-ring (bicyclic) bond motifs is 1. The Kier molecular flexibility index (Phi) is 8.49. The SMILES string of the molecule is CCOC(=O)C1(Cc2ccc(F)cc2)CCN(C(=O)C2CN(C(=O)OC(C)(C)C)c3cc(Cl)c(O)cc3O2)CC1. The van der Waals surface area contributed by atoms with E-state index in [4.69, 9.17) is 25.8 Å². The van der Waals surface area contributed by atoms with Crippen molar-refractivity contribution in [1.82, 2.24) is 4.90 Å². The number of esters is 1. The van der Waals surface area contributed by atoms with Crippen LogP contribution < -0.4 is 9.64 Å². The van der Waals surface area contributed by atoms with Crippen molar-refractivity contribution in [2.24, 2.45) is 5.41 Å². The summed E-state index contributed by atoms with van der Waals surface area (Å²) in [5.41, 5.74) is -0.576. The van der Waals surface area contributed by atoms with Crippen LogP contribution in [-0.2, 0) is 25.5 Å². The molecule has 1 fully saturated rings. The molecule has 11 heteroatoms. The van der Waals surface area contributed by atoms with Gasteiger partial charge in [0.05, 0.1) is 29.3 Å². The number of piperidine rings is 1. The number of ether oxygens (including phenoxy) is 3. The number of likely N-dealkylation sites (tertiary alicyclic amines) is 1. The summed E-state index contributed by atoms with van der Waals surface area (Å²) < 4.78 is 30.3. The minimum Gasteiger partial charge on any atom is -0.506 e. The summed E-state index contributed by atoms with van der Waals surface area (Å²) in [5, 5.41) is 10.2. The molecule has 2 heterocycles. The van der Waals surface area contributed by atoms with Crippen LogP contribution in [0.25, 0.3) is 0 Å². The van der Waals surface area contributed by atoms with Gasteiger partial charge in [0, 0.05) is 19.2 Å². The molecule has 1 unspecified atom stereocenters. The first-order chi connectivity index (χ1) is 18.8. The standard InChI is InChI=1S/C29H34ClFN2O7/c1-5-38-26(36)29(16-18-6-8-19(31)9-7-18)10-12-32(13-11-29)25(35)24-17-33(27(37)40-28(2,3)4)21-14-20(30)22(34)15-23(21)39-24/h6-9,14-15,24,34H,5,10-13,16-17H2,1-4H3. The van der Waals surface area contributed by atoms with Gasteiger partial charge in [0.2, 0.25) is 0 Å². The Bertz CT molecular complexity index is 1270. The van der Waals surface area contributed by atoms with Crippen LogP contribution >= 0.6 is 11.6 Å². The summed E-state index contributed by atoms with van der Waals surface area (Å²) >= 11 is 6.09. The Labute approximate surface area is 237 Å². The number of carbonyl (C=O) groups is 3. The van der Waals surface area contributed by atoms with E-state index in [1.54, 1.807) is 44.7 Å². The number of aromatic hydroxyl groups is 1. The van der Waals surface area contributed by atoms with E-state index < -0.39 is 23.2 Å². The highest BCUT2D eigenvalue weighted by Gasteiger charge is 2.46. The zero-order chi connectivity index (χ0) is 29.2. The van der Waals surface area contributed by atoms with Gasteiger partial charge in [0.25, 0.3) is 5.91 Å². The highest BCUT2D eigenvalue weighted by atomic mass is 35.5. The van der Waals surface area contributed by atoms with Crippen molar-refractivity contribution in [2.45, 2.75) is 58.7 Å². The van der Waals surface area contributed by atoms with E-state index in [1.807, 2.05) is 0 Å². The van der Waals surface area contributed by atoms with E-state index in [9.17, 15) is 23.9 Å². The number of benzene rings is 2. The van der Waals surface area contributed by atoms with Crippen LogP contribution in [0.15, 0.2) is 36.4 Å². The second-order valence-corrected chi connectivity index (χ2v) is 11.5. The molecule has 216 valence electrons. The highest BCUT2D eigenvalue weighted by molar-refractivity contribution is 6.32. The molecule has 1 atom stereocenters. The first-order valence-electron chi connectivity index (χ1n) is 13.2.